The molecule has 0 aliphatic carbocycles. The van der Waals surface area contributed by atoms with Crippen LogP contribution in [0.1, 0.15) is 34.6 Å². The van der Waals surface area contributed by atoms with Gasteiger partial charge in [-0.25, -0.2) is 4.79 Å². The van der Waals surface area contributed by atoms with Gasteiger partial charge in [0, 0.05) is 19.6 Å². The fraction of sp³-hybridized carbons (Fsp3) is 0.923. The second kappa shape index (κ2) is 9.28. The van der Waals surface area contributed by atoms with Crippen LogP contribution in [0.2, 0.25) is 0 Å². The molecule has 0 aromatic carbocycles. The minimum atomic E-state index is -0.187. The van der Waals surface area contributed by atoms with Gasteiger partial charge in [0.15, 0.2) is 0 Å². The number of nitrogens with zero attached hydrogens (tertiary/aromatic N) is 2. The second-order valence-electron chi connectivity index (χ2n) is 4.57. The van der Waals surface area contributed by atoms with Gasteiger partial charge in [-0.1, -0.05) is 27.7 Å². The Morgan fingerprint density at radius 2 is 1.71 bits per heavy atom. The van der Waals surface area contributed by atoms with Crippen LogP contribution >= 0.6 is 0 Å². The molecule has 0 fully saturated rings. The molecule has 4 nitrogen and oxygen atoms in total. The van der Waals surface area contributed by atoms with Crippen LogP contribution in [-0.2, 0) is 4.74 Å². The van der Waals surface area contributed by atoms with Gasteiger partial charge in [0.05, 0.1) is 6.61 Å². The zero-order chi connectivity index (χ0) is 13.3. The molecule has 0 unspecified atom stereocenters. The van der Waals surface area contributed by atoms with E-state index in [0.717, 1.165) is 32.7 Å². The summed E-state index contributed by atoms with van der Waals surface area (Å²) in [7, 11) is 0. The fourth-order valence-electron chi connectivity index (χ4n) is 1.71. The number of hydrogen-bond acceptors (Lipinski definition) is 3. The highest BCUT2D eigenvalue weighted by Crippen LogP contribution is 2.02. The molecule has 0 rings (SSSR count). The number of carbonyl (C=O) groups excluding carboxylic acids is 1. The third-order valence-corrected chi connectivity index (χ3v) is 2.69. The fourth-order valence-corrected chi connectivity index (χ4v) is 1.71. The lowest BCUT2D eigenvalue weighted by atomic mass is 10.2. The summed E-state index contributed by atoms with van der Waals surface area (Å²) in [6.45, 7) is 15.3. The largest absolute Gasteiger partial charge is 0.450 e. The van der Waals surface area contributed by atoms with E-state index in [-0.39, 0.29) is 6.09 Å². The van der Waals surface area contributed by atoms with E-state index in [0.29, 0.717) is 12.5 Å². The maximum absolute atomic E-state index is 11.8. The molecule has 1 amide bonds. The van der Waals surface area contributed by atoms with Gasteiger partial charge in [-0.2, -0.15) is 0 Å². The lowest BCUT2D eigenvalue weighted by Gasteiger charge is -2.27. The molecular formula is C13H28N2O2. The van der Waals surface area contributed by atoms with Gasteiger partial charge in [-0.05, 0) is 25.9 Å². The molecule has 0 N–H and O–H groups in total. The minimum absolute atomic E-state index is 0.187. The Labute approximate surface area is 106 Å². The lowest BCUT2D eigenvalue weighted by molar-refractivity contribution is 0.0974. The molecule has 0 aliphatic heterocycles. The van der Waals surface area contributed by atoms with Crippen molar-refractivity contribution >= 4 is 6.09 Å². The van der Waals surface area contributed by atoms with Gasteiger partial charge in [0.25, 0.3) is 0 Å². The third kappa shape index (κ3) is 7.21. The van der Waals surface area contributed by atoms with Crippen LogP contribution in [0.4, 0.5) is 4.79 Å². The Morgan fingerprint density at radius 3 is 2.12 bits per heavy atom. The normalized spacial score (nSPS) is 11.0. The SMILES string of the molecule is CCOC(=O)N(CCN(CC)CC)CC(C)C. The van der Waals surface area contributed by atoms with E-state index in [4.69, 9.17) is 4.74 Å². The van der Waals surface area contributed by atoms with Crippen LogP contribution in [0.15, 0.2) is 0 Å². The van der Waals surface area contributed by atoms with Gasteiger partial charge in [-0.15, -0.1) is 0 Å². The molecule has 0 aromatic rings. The molecule has 4 heteroatoms. The average Bonchev–Trinajstić information content (AvgIpc) is 2.28. The summed E-state index contributed by atoms with van der Waals surface area (Å²) in [6, 6.07) is 0. The van der Waals surface area contributed by atoms with E-state index >= 15 is 0 Å². The molecule has 0 spiro atoms. The molecule has 102 valence electrons. The number of amides is 1. The maximum atomic E-state index is 11.8. The van der Waals surface area contributed by atoms with Gasteiger partial charge in [0.2, 0.25) is 0 Å². The second-order valence-corrected chi connectivity index (χ2v) is 4.57. The van der Waals surface area contributed by atoms with Gasteiger partial charge >= 0.3 is 6.09 Å². The van der Waals surface area contributed by atoms with E-state index < -0.39 is 0 Å². The summed E-state index contributed by atoms with van der Waals surface area (Å²) in [5, 5.41) is 0. The lowest BCUT2D eigenvalue weighted by Crippen LogP contribution is -2.40. The van der Waals surface area contributed by atoms with Crippen LogP contribution in [0.5, 0.6) is 0 Å². The molecular weight excluding hydrogens is 216 g/mol. The summed E-state index contributed by atoms with van der Waals surface area (Å²) >= 11 is 0. The van der Waals surface area contributed by atoms with Crippen molar-refractivity contribution in [3.05, 3.63) is 0 Å². The summed E-state index contributed by atoms with van der Waals surface area (Å²) < 4.78 is 5.07. The summed E-state index contributed by atoms with van der Waals surface area (Å²) in [4.78, 5) is 15.9. The maximum Gasteiger partial charge on any atom is 0.409 e. The van der Waals surface area contributed by atoms with Crippen LogP contribution in [-0.4, -0.2) is 55.2 Å². The molecule has 0 heterocycles. The monoisotopic (exact) mass is 244 g/mol. The molecule has 0 saturated carbocycles. The third-order valence-electron chi connectivity index (χ3n) is 2.69. The highest BCUT2D eigenvalue weighted by atomic mass is 16.6. The van der Waals surface area contributed by atoms with E-state index in [9.17, 15) is 4.79 Å². The van der Waals surface area contributed by atoms with Crippen molar-refractivity contribution in [2.24, 2.45) is 5.92 Å². The van der Waals surface area contributed by atoms with E-state index in [1.807, 2.05) is 11.8 Å². The Bertz CT molecular complexity index is 204. The zero-order valence-electron chi connectivity index (χ0n) is 12.0. The number of carbonyl (C=O) groups is 1. The van der Waals surface area contributed by atoms with Gasteiger partial charge < -0.3 is 14.5 Å². The van der Waals surface area contributed by atoms with Gasteiger partial charge in [0.1, 0.15) is 0 Å². The van der Waals surface area contributed by atoms with Crippen LogP contribution < -0.4 is 0 Å². The van der Waals surface area contributed by atoms with E-state index in [1.165, 1.54) is 0 Å². The van der Waals surface area contributed by atoms with E-state index in [2.05, 4.69) is 32.6 Å². The quantitative estimate of drug-likeness (QED) is 0.657. The van der Waals surface area contributed by atoms with Crippen molar-refractivity contribution in [1.29, 1.82) is 0 Å². The van der Waals surface area contributed by atoms with Gasteiger partial charge in [-0.3, -0.25) is 0 Å². The predicted octanol–water partition coefficient (Wildman–Crippen LogP) is 2.44. The van der Waals surface area contributed by atoms with Crippen molar-refractivity contribution in [3.8, 4) is 0 Å². The highest BCUT2D eigenvalue weighted by Gasteiger charge is 2.16. The molecule has 17 heavy (non-hydrogen) atoms. The summed E-state index contributed by atoms with van der Waals surface area (Å²) in [5.74, 6) is 0.469. The van der Waals surface area contributed by atoms with Crippen molar-refractivity contribution in [3.63, 3.8) is 0 Å². The van der Waals surface area contributed by atoms with Crippen LogP contribution in [0.3, 0.4) is 0 Å². The van der Waals surface area contributed by atoms with E-state index in [1.54, 1.807) is 0 Å². The molecule has 0 radical (unpaired) electrons. The summed E-state index contributed by atoms with van der Waals surface area (Å²) in [5.41, 5.74) is 0. The average molecular weight is 244 g/mol. The predicted molar refractivity (Wildman–Crippen MR) is 71.2 cm³/mol. The zero-order valence-corrected chi connectivity index (χ0v) is 12.0. The first-order chi connectivity index (χ1) is 8.04. The number of hydrogen-bond donors (Lipinski definition) is 0. The molecule has 0 bridgehead atoms. The minimum Gasteiger partial charge on any atom is -0.450 e. The number of likely N-dealkylation sites (N-methyl/N-ethyl adjacent to an activating group) is 1. The topological polar surface area (TPSA) is 32.8 Å². The first-order valence-electron chi connectivity index (χ1n) is 6.69. The van der Waals surface area contributed by atoms with Crippen molar-refractivity contribution < 1.29 is 9.53 Å². The molecule has 0 saturated heterocycles. The molecule has 0 aromatic heterocycles. The van der Waals surface area contributed by atoms with Crippen LogP contribution in [0, 0.1) is 5.92 Å². The van der Waals surface area contributed by atoms with Crippen molar-refractivity contribution in [2.75, 3.05) is 39.3 Å². The van der Waals surface area contributed by atoms with Crippen LogP contribution in [0.25, 0.3) is 0 Å². The van der Waals surface area contributed by atoms with Crippen molar-refractivity contribution in [2.45, 2.75) is 34.6 Å². The first kappa shape index (κ1) is 16.2. The number of ether oxygens (including phenoxy) is 1. The van der Waals surface area contributed by atoms with Crippen molar-refractivity contribution in [1.82, 2.24) is 9.80 Å². The Kier molecular flexibility index (Phi) is 8.86. The summed E-state index contributed by atoms with van der Waals surface area (Å²) in [6.07, 6.45) is -0.187. The highest BCUT2D eigenvalue weighted by molar-refractivity contribution is 5.67. The standard InChI is InChI=1S/C13H28N2O2/c1-6-14(7-2)9-10-15(11-12(4)5)13(16)17-8-3/h12H,6-11H2,1-5H3. The number of rotatable bonds is 8. The molecule has 0 atom stereocenters. The Hall–Kier alpha value is -0.770. The smallest absolute Gasteiger partial charge is 0.409 e. The Balaban J connectivity index is 4.22. The first-order valence-corrected chi connectivity index (χ1v) is 6.69. The Morgan fingerprint density at radius 1 is 1.12 bits per heavy atom. The molecule has 0 aliphatic rings.